The smallest absolute Gasteiger partial charge is 0.129 e. The Kier molecular flexibility index (Phi) is 6.09. The minimum atomic E-state index is -0.197. The number of nitrogens with one attached hydrogen (secondary N) is 1. The molecule has 18 heavy (non-hydrogen) atoms. The molecule has 0 aromatic heterocycles. The predicted molar refractivity (Wildman–Crippen MR) is 73.3 cm³/mol. The van der Waals surface area contributed by atoms with E-state index in [1.807, 2.05) is 31.7 Å². The van der Waals surface area contributed by atoms with Gasteiger partial charge in [-0.2, -0.15) is 0 Å². The van der Waals surface area contributed by atoms with E-state index in [4.69, 9.17) is 5.11 Å². The van der Waals surface area contributed by atoms with Gasteiger partial charge in [0.15, 0.2) is 0 Å². The number of rotatable bonds is 7. The zero-order valence-corrected chi connectivity index (χ0v) is 11.4. The van der Waals surface area contributed by atoms with Crippen molar-refractivity contribution in [2.45, 2.75) is 33.4 Å². The Hall–Kier alpha value is -1.13. The van der Waals surface area contributed by atoms with Gasteiger partial charge in [-0.15, -0.1) is 0 Å². The molecule has 4 heteroatoms. The maximum atomic E-state index is 13.9. The normalized spacial score (nSPS) is 11.0. The van der Waals surface area contributed by atoms with Crippen LogP contribution in [0.5, 0.6) is 0 Å². The highest BCUT2D eigenvalue weighted by Crippen LogP contribution is 2.24. The molecule has 0 spiro atoms. The van der Waals surface area contributed by atoms with Gasteiger partial charge in [0.2, 0.25) is 0 Å². The van der Waals surface area contributed by atoms with Gasteiger partial charge >= 0.3 is 0 Å². The number of anilines is 1. The number of nitrogens with zero attached hydrogens (tertiary/aromatic N) is 1. The molecule has 0 atom stereocenters. The van der Waals surface area contributed by atoms with Crippen LogP contribution in [0.2, 0.25) is 0 Å². The Balaban J connectivity index is 3.07. The third-order valence-electron chi connectivity index (χ3n) is 2.92. The van der Waals surface area contributed by atoms with Gasteiger partial charge in [0.05, 0.1) is 6.61 Å². The summed E-state index contributed by atoms with van der Waals surface area (Å²) in [6.45, 7) is 7.96. The Labute approximate surface area is 109 Å². The molecule has 1 rings (SSSR count). The van der Waals surface area contributed by atoms with Crippen LogP contribution in [0, 0.1) is 5.82 Å². The topological polar surface area (TPSA) is 35.5 Å². The third-order valence-corrected chi connectivity index (χ3v) is 2.92. The van der Waals surface area contributed by atoms with Crippen molar-refractivity contribution in [3.63, 3.8) is 0 Å². The summed E-state index contributed by atoms with van der Waals surface area (Å²) in [6.07, 6.45) is 0. The fourth-order valence-electron chi connectivity index (χ4n) is 2.01. The first-order valence-electron chi connectivity index (χ1n) is 6.47. The molecule has 102 valence electrons. The lowest BCUT2D eigenvalue weighted by molar-refractivity contribution is 0.299. The number of halogens is 1. The lowest BCUT2D eigenvalue weighted by Crippen LogP contribution is -2.34. The van der Waals surface area contributed by atoms with Crippen LogP contribution in [0.25, 0.3) is 0 Å². The van der Waals surface area contributed by atoms with Gasteiger partial charge in [-0.1, -0.05) is 13.0 Å². The zero-order valence-electron chi connectivity index (χ0n) is 11.4. The van der Waals surface area contributed by atoms with Crippen molar-refractivity contribution in [1.29, 1.82) is 0 Å². The van der Waals surface area contributed by atoms with Crippen LogP contribution in [-0.2, 0) is 6.54 Å². The van der Waals surface area contributed by atoms with Crippen LogP contribution in [-0.4, -0.2) is 30.8 Å². The highest BCUT2D eigenvalue weighted by Gasteiger charge is 2.16. The lowest BCUT2D eigenvalue weighted by Gasteiger charge is -2.30. The van der Waals surface area contributed by atoms with E-state index in [2.05, 4.69) is 5.32 Å². The predicted octanol–water partition coefficient (Wildman–Crippen LogP) is 2.14. The zero-order chi connectivity index (χ0) is 13.5. The fraction of sp³-hybridized carbons (Fsp3) is 0.571. The molecule has 0 radical (unpaired) electrons. The first kappa shape index (κ1) is 14.9. The summed E-state index contributed by atoms with van der Waals surface area (Å²) in [4.78, 5) is 2.02. The van der Waals surface area contributed by atoms with Gasteiger partial charge in [0.25, 0.3) is 0 Å². The second kappa shape index (κ2) is 7.34. The number of hydrogen-bond acceptors (Lipinski definition) is 3. The minimum absolute atomic E-state index is 0.0648. The second-order valence-electron chi connectivity index (χ2n) is 4.53. The van der Waals surface area contributed by atoms with Crippen LogP contribution in [0.1, 0.15) is 26.3 Å². The van der Waals surface area contributed by atoms with Crippen LogP contribution in [0.15, 0.2) is 18.2 Å². The van der Waals surface area contributed by atoms with Crippen molar-refractivity contribution in [1.82, 2.24) is 5.32 Å². The summed E-state index contributed by atoms with van der Waals surface area (Å²) in [7, 11) is 0. The molecular formula is C14H23FN2O. The van der Waals surface area contributed by atoms with Crippen molar-refractivity contribution < 1.29 is 9.50 Å². The standard InChI is InChI=1S/C14H23FN2O/c1-4-16-10-12-13(15)6-5-7-14(12)17(8-9-18)11(2)3/h5-7,11,16,18H,4,8-10H2,1-3H3. The van der Waals surface area contributed by atoms with E-state index in [0.29, 0.717) is 18.7 Å². The van der Waals surface area contributed by atoms with Gasteiger partial charge in [-0.3, -0.25) is 0 Å². The molecule has 1 aromatic carbocycles. The SMILES string of the molecule is CCNCc1c(F)cccc1N(CCO)C(C)C. The van der Waals surface area contributed by atoms with E-state index in [-0.39, 0.29) is 18.5 Å². The van der Waals surface area contributed by atoms with Crippen molar-refractivity contribution in [2.24, 2.45) is 0 Å². The molecule has 2 N–H and O–H groups in total. The van der Waals surface area contributed by atoms with E-state index in [1.165, 1.54) is 6.07 Å². The van der Waals surface area contributed by atoms with E-state index in [1.54, 1.807) is 6.07 Å². The van der Waals surface area contributed by atoms with Gasteiger partial charge < -0.3 is 15.3 Å². The van der Waals surface area contributed by atoms with Crippen molar-refractivity contribution in [3.05, 3.63) is 29.6 Å². The average Bonchev–Trinajstić information content (AvgIpc) is 2.34. The van der Waals surface area contributed by atoms with E-state index in [0.717, 1.165) is 12.2 Å². The fourth-order valence-corrected chi connectivity index (χ4v) is 2.01. The molecule has 1 aromatic rings. The van der Waals surface area contributed by atoms with Gasteiger partial charge in [0, 0.05) is 30.4 Å². The first-order chi connectivity index (χ1) is 8.61. The molecule has 0 saturated carbocycles. The third kappa shape index (κ3) is 3.68. The van der Waals surface area contributed by atoms with E-state index in [9.17, 15) is 4.39 Å². The first-order valence-corrected chi connectivity index (χ1v) is 6.47. The van der Waals surface area contributed by atoms with Crippen molar-refractivity contribution >= 4 is 5.69 Å². The molecule has 3 nitrogen and oxygen atoms in total. The number of aliphatic hydroxyl groups excluding tert-OH is 1. The van der Waals surface area contributed by atoms with Gasteiger partial charge in [0.1, 0.15) is 5.82 Å². The highest BCUT2D eigenvalue weighted by atomic mass is 19.1. The highest BCUT2D eigenvalue weighted by molar-refractivity contribution is 5.55. The van der Waals surface area contributed by atoms with Gasteiger partial charge in [-0.05, 0) is 32.5 Å². The Morgan fingerprint density at radius 3 is 2.67 bits per heavy atom. The van der Waals surface area contributed by atoms with Crippen LogP contribution < -0.4 is 10.2 Å². The number of hydrogen-bond donors (Lipinski definition) is 2. The maximum absolute atomic E-state index is 13.9. The molecule has 0 fully saturated rings. The quantitative estimate of drug-likeness (QED) is 0.782. The molecule has 0 amide bonds. The molecule has 0 aliphatic rings. The lowest BCUT2D eigenvalue weighted by atomic mass is 10.1. The van der Waals surface area contributed by atoms with E-state index < -0.39 is 0 Å². The second-order valence-corrected chi connectivity index (χ2v) is 4.53. The van der Waals surface area contributed by atoms with Crippen LogP contribution in [0.3, 0.4) is 0 Å². The number of aliphatic hydroxyl groups is 1. The molecule has 0 heterocycles. The maximum Gasteiger partial charge on any atom is 0.129 e. The van der Waals surface area contributed by atoms with Crippen molar-refractivity contribution in [3.8, 4) is 0 Å². The Morgan fingerprint density at radius 1 is 1.39 bits per heavy atom. The monoisotopic (exact) mass is 254 g/mol. The molecule has 0 unspecified atom stereocenters. The van der Waals surface area contributed by atoms with E-state index >= 15 is 0 Å². The van der Waals surface area contributed by atoms with Crippen molar-refractivity contribution in [2.75, 3.05) is 24.6 Å². The summed E-state index contributed by atoms with van der Waals surface area (Å²) >= 11 is 0. The largest absolute Gasteiger partial charge is 0.395 e. The summed E-state index contributed by atoms with van der Waals surface area (Å²) < 4.78 is 13.9. The summed E-state index contributed by atoms with van der Waals surface area (Å²) in [5.41, 5.74) is 1.53. The molecule has 0 aliphatic heterocycles. The van der Waals surface area contributed by atoms with Crippen LogP contribution >= 0.6 is 0 Å². The molecule has 0 bridgehead atoms. The molecular weight excluding hydrogens is 231 g/mol. The Bertz CT molecular complexity index is 369. The molecule has 0 aliphatic carbocycles. The number of benzene rings is 1. The minimum Gasteiger partial charge on any atom is -0.395 e. The van der Waals surface area contributed by atoms with Crippen LogP contribution in [0.4, 0.5) is 10.1 Å². The average molecular weight is 254 g/mol. The molecule has 0 saturated heterocycles. The summed E-state index contributed by atoms with van der Waals surface area (Å²) in [5.74, 6) is -0.197. The summed E-state index contributed by atoms with van der Waals surface area (Å²) in [5, 5.41) is 12.3. The van der Waals surface area contributed by atoms with Gasteiger partial charge in [-0.25, -0.2) is 4.39 Å². The summed E-state index contributed by atoms with van der Waals surface area (Å²) in [6, 6.07) is 5.32. The Morgan fingerprint density at radius 2 is 2.11 bits per heavy atom.